The molecule has 4 nitrogen and oxygen atoms in total. The van der Waals surface area contributed by atoms with Crippen LogP contribution in [0.3, 0.4) is 0 Å². The lowest BCUT2D eigenvalue weighted by Crippen LogP contribution is -2.05. The van der Waals surface area contributed by atoms with Gasteiger partial charge in [0.2, 0.25) is 11.7 Å². The van der Waals surface area contributed by atoms with E-state index in [1.807, 2.05) is 0 Å². The number of hydrogen-bond donors (Lipinski definition) is 0. The van der Waals surface area contributed by atoms with Crippen molar-refractivity contribution in [2.24, 2.45) is 0 Å². The first-order valence-corrected chi connectivity index (χ1v) is 5.73. The summed E-state index contributed by atoms with van der Waals surface area (Å²) in [6, 6.07) is 6.12. The van der Waals surface area contributed by atoms with E-state index in [-0.39, 0.29) is 11.5 Å². The predicted molar refractivity (Wildman–Crippen MR) is 68.5 cm³/mol. The molecule has 18 heavy (non-hydrogen) atoms. The summed E-state index contributed by atoms with van der Waals surface area (Å²) in [7, 11) is 1.47. The van der Waals surface area contributed by atoms with Crippen molar-refractivity contribution in [3.63, 3.8) is 0 Å². The monoisotopic (exact) mass is 282 g/mol. The number of rotatable bonds is 3. The van der Waals surface area contributed by atoms with Gasteiger partial charge in [-0.05, 0) is 18.2 Å². The molecule has 0 spiro atoms. The first kappa shape index (κ1) is 12.8. The van der Waals surface area contributed by atoms with Crippen molar-refractivity contribution < 1.29 is 9.53 Å². The topological polar surface area (TPSA) is 52.1 Å². The zero-order chi connectivity index (χ0) is 13.1. The molecule has 92 valence electrons. The number of carbonyl (C=O) groups is 1. The fraction of sp³-hybridized carbons (Fsp3) is 0.0833. The van der Waals surface area contributed by atoms with E-state index in [0.29, 0.717) is 21.5 Å². The number of halogens is 2. The van der Waals surface area contributed by atoms with Crippen LogP contribution in [0.2, 0.25) is 10.0 Å². The van der Waals surface area contributed by atoms with Gasteiger partial charge in [-0.15, -0.1) is 0 Å². The minimum atomic E-state index is -0.269. The van der Waals surface area contributed by atoms with Crippen molar-refractivity contribution in [2.45, 2.75) is 0 Å². The van der Waals surface area contributed by atoms with Crippen LogP contribution in [0.25, 0.3) is 0 Å². The molecule has 2 rings (SSSR count). The molecule has 1 heterocycles. The average molecular weight is 283 g/mol. The van der Waals surface area contributed by atoms with Crippen molar-refractivity contribution in [2.75, 3.05) is 7.11 Å². The van der Waals surface area contributed by atoms with Crippen LogP contribution in [0.5, 0.6) is 5.88 Å². The maximum atomic E-state index is 12.1. The molecule has 0 N–H and O–H groups in total. The molecule has 0 radical (unpaired) electrons. The standard InChI is InChI=1S/C12H8Cl2N2O2/c1-18-11-5-10(15-6-16-11)12(17)7-2-3-8(13)9(14)4-7/h2-6H,1H3. The van der Waals surface area contributed by atoms with Crippen molar-refractivity contribution in [1.29, 1.82) is 0 Å². The van der Waals surface area contributed by atoms with Gasteiger partial charge in [-0.3, -0.25) is 4.79 Å². The second kappa shape index (κ2) is 5.33. The molecule has 1 aromatic heterocycles. The minimum Gasteiger partial charge on any atom is -0.481 e. The van der Waals surface area contributed by atoms with Gasteiger partial charge in [-0.25, -0.2) is 9.97 Å². The summed E-state index contributed by atoms with van der Waals surface area (Å²) in [6.45, 7) is 0. The smallest absolute Gasteiger partial charge is 0.216 e. The highest BCUT2D eigenvalue weighted by Gasteiger charge is 2.13. The molecule has 6 heteroatoms. The van der Waals surface area contributed by atoms with Gasteiger partial charge in [0.1, 0.15) is 12.0 Å². The number of nitrogens with zero attached hydrogens (tertiary/aromatic N) is 2. The molecule has 1 aromatic carbocycles. The number of ketones is 1. The maximum absolute atomic E-state index is 12.1. The van der Waals surface area contributed by atoms with Crippen LogP contribution >= 0.6 is 23.2 Å². The van der Waals surface area contributed by atoms with Gasteiger partial charge in [-0.1, -0.05) is 23.2 Å². The Bertz CT molecular complexity index is 602. The SMILES string of the molecule is COc1cc(C(=O)c2ccc(Cl)c(Cl)c2)ncn1. The van der Waals surface area contributed by atoms with Crippen LogP contribution in [-0.4, -0.2) is 22.9 Å². The lowest BCUT2D eigenvalue weighted by atomic mass is 10.1. The second-order valence-electron chi connectivity index (χ2n) is 3.40. The summed E-state index contributed by atoms with van der Waals surface area (Å²) in [6.07, 6.45) is 1.27. The van der Waals surface area contributed by atoms with E-state index in [9.17, 15) is 4.79 Å². The van der Waals surface area contributed by atoms with Gasteiger partial charge < -0.3 is 4.74 Å². The summed E-state index contributed by atoms with van der Waals surface area (Å²) < 4.78 is 4.93. The Labute approximate surface area is 114 Å². The highest BCUT2D eigenvalue weighted by Crippen LogP contribution is 2.23. The average Bonchev–Trinajstić information content (AvgIpc) is 2.41. The first-order chi connectivity index (χ1) is 8.61. The third kappa shape index (κ3) is 2.60. The third-order valence-corrected chi connectivity index (χ3v) is 3.00. The highest BCUT2D eigenvalue weighted by atomic mass is 35.5. The third-order valence-electron chi connectivity index (χ3n) is 2.27. The zero-order valence-electron chi connectivity index (χ0n) is 9.35. The molecular weight excluding hydrogens is 275 g/mol. The summed E-state index contributed by atoms with van der Waals surface area (Å²) >= 11 is 11.7. The van der Waals surface area contributed by atoms with Crippen molar-refractivity contribution in [3.8, 4) is 5.88 Å². The minimum absolute atomic E-state index is 0.236. The molecule has 0 saturated carbocycles. The molecule has 0 fully saturated rings. The van der Waals surface area contributed by atoms with Gasteiger partial charge in [-0.2, -0.15) is 0 Å². The van der Waals surface area contributed by atoms with Crippen LogP contribution in [-0.2, 0) is 0 Å². The Morgan fingerprint density at radius 2 is 1.94 bits per heavy atom. The molecule has 2 aromatic rings. The second-order valence-corrected chi connectivity index (χ2v) is 4.22. The summed E-state index contributed by atoms with van der Waals surface area (Å²) in [5.74, 6) is 0.0580. The van der Waals surface area contributed by atoms with Crippen molar-refractivity contribution >= 4 is 29.0 Å². The van der Waals surface area contributed by atoms with E-state index in [2.05, 4.69) is 9.97 Å². The number of ether oxygens (including phenoxy) is 1. The van der Waals surface area contributed by atoms with Gasteiger partial charge in [0.05, 0.1) is 17.2 Å². The maximum Gasteiger partial charge on any atom is 0.216 e. The van der Waals surface area contributed by atoms with Gasteiger partial charge in [0, 0.05) is 11.6 Å². The molecule has 0 saturated heterocycles. The summed E-state index contributed by atoms with van der Waals surface area (Å²) in [5, 5.41) is 0.719. The Hall–Kier alpha value is -1.65. The van der Waals surface area contributed by atoms with E-state index in [1.165, 1.54) is 25.6 Å². The number of benzene rings is 1. The van der Waals surface area contributed by atoms with Crippen molar-refractivity contribution in [3.05, 3.63) is 51.9 Å². The van der Waals surface area contributed by atoms with E-state index in [0.717, 1.165) is 0 Å². The first-order valence-electron chi connectivity index (χ1n) is 4.97. The largest absolute Gasteiger partial charge is 0.481 e. The van der Waals surface area contributed by atoms with Gasteiger partial charge >= 0.3 is 0 Å². The molecule has 0 amide bonds. The van der Waals surface area contributed by atoms with E-state index in [4.69, 9.17) is 27.9 Å². The molecule has 0 aliphatic heterocycles. The molecule has 0 aliphatic carbocycles. The quantitative estimate of drug-likeness (QED) is 0.812. The van der Waals surface area contributed by atoms with Crippen LogP contribution in [0.15, 0.2) is 30.6 Å². The van der Waals surface area contributed by atoms with Crippen molar-refractivity contribution in [1.82, 2.24) is 9.97 Å². The Kier molecular flexibility index (Phi) is 3.79. The number of aromatic nitrogens is 2. The van der Waals surface area contributed by atoms with Crippen LogP contribution in [0.1, 0.15) is 16.1 Å². The molecule has 0 atom stereocenters. The van der Waals surface area contributed by atoms with Gasteiger partial charge in [0.25, 0.3) is 0 Å². The Balaban J connectivity index is 2.38. The number of hydrogen-bond acceptors (Lipinski definition) is 4. The van der Waals surface area contributed by atoms with Crippen LogP contribution < -0.4 is 4.74 Å². The van der Waals surface area contributed by atoms with Crippen LogP contribution in [0.4, 0.5) is 0 Å². The predicted octanol–water partition coefficient (Wildman–Crippen LogP) is 3.02. The highest BCUT2D eigenvalue weighted by molar-refractivity contribution is 6.42. The molecular formula is C12H8Cl2N2O2. The molecule has 0 bridgehead atoms. The molecule has 0 aliphatic rings. The molecule has 0 unspecified atom stereocenters. The van der Waals surface area contributed by atoms with E-state index < -0.39 is 0 Å². The fourth-order valence-corrected chi connectivity index (χ4v) is 1.66. The normalized spacial score (nSPS) is 10.2. The Morgan fingerprint density at radius 1 is 1.17 bits per heavy atom. The summed E-state index contributed by atoms with van der Waals surface area (Å²) in [4.78, 5) is 19.9. The number of carbonyl (C=O) groups excluding carboxylic acids is 1. The summed E-state index contributed by atoms with van der Waals surface area (Å²) in [5.41, 5.74) is 0.644. The zero-order valence-corrected chi connectivity index (χ0v) is 10.9. The van der Waals surface area contributed by atoms with Crippen LogP contribution in [0, 0.1) is 0 Å². The lowest BCUT2D eigenvalue weighted by Gasteiger charge is -2.03. The fourth-order valence-electron chi connectivity index (χ4n) is 1.36. The van der Waals surface area contributed by atoms with E-state index in [1.54, 1.807) is 12.1 Å². The lowest BCUT2D eigenvalue weighted by molar-refractivity contribution is 0.103. The Morgan fingerprint density at radius 3 is 2.61 bits per heavy atom. The van der Waals surface area contributed by atoms with E-state index >= 15 is 0 Å². The number of methoxy groups -OCH3 is 1. The van der Waals surface area contributed by atoms with Gasteiger partial charge in [0.15, 0.2) is 0 Å².